The molecule has 0 bridgehead atoms. The molecule has 2 N–H and O–H groups in total. The highest BCUT2D eigenvalue weighted by atomic mass is 16.5. The average molecular weight is 178 g/mol. The highest BCUT2D eigenvalue weighted by Crippen LogP contribution is 2.26. The molecule has 13 heavy (non-hydrogen) atoms. The van der Waals surface area contributed by atoms with Crippen LogP contribution in [0.25, 0.3) is 0 Å². The van der Waals surface area contributed by atoms with Crippen LogP contribution in [0.5, 0.6) is 0 Å². The fraction of sp³-hybridized carbons (Fsp3) is 0.375. The van der Waals surface area contributed by atoms with Crippen LogP contribution in [0.3, 0.4) is 0 Å². The minimum Gasteiger partial charge on any atom is -0.462 e. The first-order valence-corrected chi connectivity index (χ1v) is 3.95. The zero-order valence-electron chi connectivity index (χ0n) is 7.27. The van der Waals surface area contributed by atoms with E-state index in [1.165, 1.54) is 0 Å². The summed E-state index contributed by atoms with van der Waals surface area (Å²) in [6.07, 6.45) is 4.92. The maximum absolute atomic E-state index is 5.43. The highest BCUT2D eigenvalue weighted by Gasteiger charge is 2.34. The van der Waals surface area contributed by atoms with Crippen molar-refractivity contribution in [3.05, 3.63) is 24.3 Å². The number of hydrogen-bond donors (Lipinski definition) is 1. The number of amidine groups is 1. The van der Waals surface area contributed by atoms with Crippen molar-refractivity contribution in [3.8, 4) is 0 Å². The van der Waals surface area contributed by atoms with Gasteiger partial charge in [-0.05, 0) is 6.92 Å². The standard InChI is InChI=1S/C8H10N4O/c1-8(5-13-7(9)12-8)6-4-10-2-3-11-6/h2-4H,5H2,1H3,(H2,9,12). The monoisotopic (exact) mass is 178 g/mol. The van der Waals surface area contributed by atoms with Gasteiger partial charge in [-0.15, -0.1) is 0 Å². The van der Waals surface area contributed by atoms with Crippen molar-refractivity contribution < 1.29 is 4.74 Å². The van der Waals surface area contributed by atoms with E-state index in [4.69, 9.17) is 10.5 Å². The van der Waals surface area contributed by atoms with Gasteiger partial charge in [0, 0.05) is 12.4 Å². The Hall–Kier alpha value is -1.65. The molecule has 0 aliphatic carbocycles. The minimum atomic E-state index is -0.474. The fourth-order valence-corrected chi connectivity index (χ4v) is 1.23. The van der Waals surface area contributed by atoms with Gasteiger partial charge in [-0.2, -0.15) is 0 Å². The predicted octanol–water partition coefficient (Wildman–Crippen LogP) is 0.0367. The largest absolute Gasteiger partial charge is 0.462 e. The van der Waals surface area contributed by atoms with E-state index >= 15 is 0 Å². The van der Waals surface area contributed by atoms with Crippen LogP contribution in [-0.4, -0.2) is 22.6 Å². The summed E-state index contributed by atoms with van der Waals surface area (Å²) in [5.74, 6) is 0. The third-order valence-electron chi connectivity index (χ3n) is 1.97. The second-order valence-corrected chi connectivity index (χ2v) is 3.10. The summed E-state index contributed by atoms with van der Waals surface area (Å²) >= 11 is 0. The van der Waals surface area contributed by atoms with E-state index in [9.17, 15) is 0 Å². The first-order chi connectivity index (χ1) is 6.21. The van der Waals surface area contributed by atoms with E-state index in [1.807, 2.05) is 6.92 Å². The molecule has 5 nitrogen and oxygen atoms in total. The Morgan fingerprint density at radius 3 is 2.92 bits per heavy atom. The Morgan fingerprint density at radius 1 is 1.54 bits per heavy atom. The first kappa shape index (κ1) is 7.97. The van der Waals surface area contributed by atoms with Gasteiger partial charge in [0.2, 0.25) is 0 Å². The smallest absolute Gasteiger partial charge is 0.283 e. The Kier molecular flexibility index (Phi) is 1.65. The van der Waals surface area contributed by atoms with Gasteiger partial charge < -0.3 is 10.5 Å². The third kappa shape index (κ3) is 1.32. The van der Waals surface area contributed by atoms with E-state index in [-0.39, 0.29) is 6.02 Å². The fourth-order valence-electron chi connectivity index (χ4n) is 1.23. The number of nitrogens with two attached hydrogens (primary N) is 1. The quantitative estimate of drug-likeness (QED) is 0.658. The molecule has 0 radical (unpaired) electrons. The van der Waals surface area contributed by atoms with Crippen LogP contribution in [0.15, 0.2) is 23.6 Å². The Labute approximate surface area is 75.7 Å². The van der Waals surface area contributed by atoms with Crippen LogP contribution in [0.4, 0.5) is 0 Å². The van der Waals surface area contributed by atoms with Crippen molar-refractivity contribution >= 4 is 6.02 Å². The first-order valence-electron chi connectivity index (χ1n) is 3.95. The predicted molar refractivity (Wildman–Crippen MR) is 47.0 cm³/mol. The summed E-state index contributed by atoms with van der Waals surface area (Å²) in [5, 5.41) is 0. The summed E-state index contributed by atoms with van der Waals surface area (Å²) in [5.41, 5.74) is 5.73. The van der Waals surface area contributed by atoms with Gasteiger partial charge >= 0.3 is 0 Å². The van der Waals surface area contributed by atoms with Gasteiger partial charge in [0.15, 0.2) is 0 Å². The SMILES string of the molecule is CC1(c2cnccn2)COC(N)=N1. The van der Waals surface area contributed by atoms with E-state index in [1.54, 1.807) is 18.6 Å². The van der Waals surface area contributed by atoms with Crippen molar-refractivity contribution in [1.82, 2.24) is 9.97 Å². The van der Waals surface area contributed by atoms with Crippen molar-refractivity contribution in [3.63, 3.8) is 0 Å². The number of nitrogens with zero attached hydrogens (tertiary/aromatic N) is 3. The molecule has 68 valence electrons. The lowest BCUT2D eigenvalue weighted by Crippen LogP contribution is -2.22. The van der Waals surface area contributed by atoms with Crippen LogP contribution in [-0.2, 0) is 10.3 Å². The number of aliphatic imine (C=N–C) groups is 1. The number of hydrogen-bond acceptors (Lipinski definition) is 5. The van der Waals surface area contributed by atoms with Crippen LogP contribution < -0.4 is 5.73 Å². The van der Waals surface area contributed by atoms with Crippen LogP contribution in [0, 0.1) is 0 Å². The van der Waals surface area contributed by atoms with Gasteiger partial charge in [0.25, 0.3) is 6.02 Å². The minimum absolute atomic E-state index is 0.216. The molecule has 0 fully saturated rings. The van der Waals surface area contributed by atoms with Crippen molar-refractivity contribution in [1.29, 1.82) is 0 Å². The van der Waals surface area contributed by atoms with E-state index in [0.717, 1.165) is 5.69 Å². The van der Waals surface area contributed by atoms with Crippen molar-refractivity contribution in [2.75, 3.05) is 6.61 Å². The summed E-state index contributed by atoms with van der Waals surface area (Å²) in [4.78, 5) is 12.3. The maximum Gasteiger partial charge on any atom is 0.283 e. The molecular formula is C8H10N4O. The zero-order chi connectivity index (χ0) is 9.31. The molecule has 0 spiro atoms. The second-order valence-electron chi connectivity index (χ2n) is 3.10. The third-order valence-corrected chi connectivity index (χ3v) is 1.97. The molecule has 5 heteroatoms. The number of aromatic nitrogens is 2. The number of ether oxygens (including phenoxy) is 1. The molecule has 1 atom stereocenters. The summed E-state index contributed by atoms with van der Waals surface area (Å²) in [7, 11) is 0. The van der Waals surface area contributed by atoms with Gasteiger partial charge in [0.1, 0.15) is 12.1 Å². The molecule has 1 unspecified atom stereocenters. The van der Waals surface area contributed by atoms with E-state index < -0.39 is 5.54 Å². The Morgan fingerprint density at radius 2 is 2.38 bits per heavy atom. The zero-order valence-corrected chi connectivity index (χ0v) is 7.27. The van der Waals surface area contributed by atoms with E-state index in [0.29, 0.717) is 6.61 Å². The molecule has 2 rings (SSSR count). The molecule has 0 aromatic carbocycles. The Bertz CT molecular complexity index is 337. The molecule has 2 heterocycles. The Balaban J connectivity index is 2.37. The van der Waals surface area contributed by atoms with Gasteiger partial charge in [-0.1, -0.05) is 0 Å². The van der Waals surface area contributed by atoms with Gasteiger partial charge in [0.05, 0.1) is 11.9 Å². The molecular weight excluding hydrogens is 168 g/mol. The molecule has 1 aromatic rings. The molecule has 0 saturated heterocycles. The molecule has 0 saturated carbocycles. The lowest BCUT2D eigenvalue weighted by Gasteiger charge is -2.15. The summed E-state index contributed by atoms with van der Waals surface area (Å²) in [6, 6.07) is 0.216. The van der Waals surface area contributed by atoms with Crippen LogP contribution in [0.2, 0.25) is 0 Å². The maximum atomic E-state index is 5.43. The van der Waals surface area contributed by atoms with Gasteiger partial charge in [-0.3, -0.25) is 9.97 Å². The molecule has 1 aliphatic rings. The summed E-state index contributed by atoms with van der Waals surface area (Å²) < 4.78 is 5.08. The average Bonchev–Trinajstić information content (AvgIpc) is 2.49. The lowest BCUT2D eigenvalue weighted by molar-refractivity contribution is 0.263. The number of rotatable bonds is 1. The topological polar surface area (TPSA) is 73.4 Å². The normalized spacial score (nSPS) is 26.7. The van der Waals surface area contributed by atoms with Crippen molar-refractivity contribution in [2.45, 2.75) is 12.5 Å². The molecule has 1 aliphatic heterocycles. The lowest BCUT2D eigenvalue weighted by atomic mass is 10.0. The van der Waals surface area contributed by atoms with Crippen LogP contribution in [0.1, 0.15) is 12.6 Å². The van der Waals surface area contributed by atoms with Gasteiger partial charge in [-0.25, -0.2) is 4.99 Å². The highest BCUT2D eigenvalue weighted by molar-refractivity contribution is 5.73. The molecule has 1 aromatic heterocycles. The molecule has 0 amide bonds. The second kappa shape index (κ2) is 2.69. The summed E-state index contributed by atoms with van der Waals surface area (Å²) in [6.45, 7) is 2.34. The van der Waals surface area contributed by atoms with E-state index in [2.05, 4.69) is 15.0 Å². The van der Waals surface area contributed by atoms with Crippen molar-refractivity contribution in [2.24, 2.45) is 10.7 Å². The van der Waals surface area contributed by atoms with Crippen LogP contribution >= 0.6 is 0 Å².